The molecule has 0 spiro atoms. The number of aromatic carboxylic acids is 1. The normalized spacial score (nSPS) is 8.00. The van der Waals surface area contributed by atoms with Gasteiger partial charge in [-0.1, -0.05) is 0 Å². The molecule has 62 valence electrons. The average molecular weight is 287 g/mol. The van der Waals surface area contributed by atoms with Crippen molar-refractivity contribution in [2.75, 3.05) is 0 Å². The smallest absolute Gasteiger partial charge is 0.352 e. The average Bonchev–Trinajstić information content (AvgIpc) is 1.85. The molecule has 1 aromatic heterocycles. The van der Waals surface area contributed by atoms with E-state index in [-0.39, 0.29) is 39.0 Å². The molecule has 1 aromatic rings. The minimum atomic E-state index is -1.34. The number of aromatic nitrogens is 2. The van der Waals surface area contributed by atoms with E-state index >= 15 is 0 Å². The van der Waals surface area contributed by atoms with Crippen molar-refractivity contribution in [2.24, 2.45) is 0 Å². The summed E-state index contributed by atoms with van der Waals surface area (Å²) in [7, 11) is 0. The summed E-state index contributed by atoms with van der Waals surface area (Å²) in [5.74, 6) is -1.34. The van der Waals surface area contributed by atoms with Crippen molar-refractivity contribution >= 4 is 5.97 Å². The first-order valence-corrected chi connectivity index (χ1v) is 2.66. The maximum absolute atomic E-state index is 10.5. The van der Waals surface area contributed by atoms with E-state index in [0.717, 1.165) is 6.07 Å². The van der Waals surface area contributed by atoms with Crippen LogP contribution in [0.1, 0.15) is 10.5 Å². The van der Waals surface area contributed by atoms with Gasteiger partial charge in [0.1, 0.15) is 5.69 Å². The molecule has 0 unspecified atom stereocenters. The molecule has 0 radical (unpaired) electrons. The Morgan fingerprint density at radius 3 is 2.15 bits per heavy atom. The number of H-pyrrole nitrogens is 2. The third-order valence-corrected chi connectivity index (χ3v) is 0.991. The fraction of sp³-hybridized carbons (Fsp3) is 0. The summed E-state index contributed by atoms with van der Waals surface area (Å²) in [4.78, 5) is 34.9. The summed E-state index contributed by atoms with van der Waals surface area (Å²) >= 11 is 0. The molecule has 0 bridgehead atoms. The summed E-state index contributed by atoms with van der Waals surface area (Å²) in [5.41, 5.74) is -1.97. The van der Waals surface area contributed by atoms with Crippen LogP contribution in [0.3, 0.4) is 0 Å². The van der Waals surface area contributed by atoms with Crippen molar-refractivity contribution in [1.82, 2.24) is 9.97 Å². The summed E-state index contributed by atoms with van der Waals surface area (Å²) in [5, 5.41) is 8.31. The second-order valence-electron chi connectivity index (χ2n) is 1.81. The van der Waals surface area contributed by atoms with Crippen molar-refractivity contribution in [1.29, 1.82) is 0 Å². The third-order valence-electron chi connectivity index (χ3n) is 0.991. The van der Waals surface area contributed by atoms with Gasteiger partial charge in [0.05, 0.1) is 0 Å². The molecule has 6 nitrogen and oxygen atoms in total. The van der Waals surface area contributed by atoms with E-state index in [1.54, 1.807) is 0 Å². The van der Waals surface area contributed by atoms with Gasteiger partial charge in [-0.3, -0.25) is 9.78 Å². The van der Waals surface area contributed by atoms with Gasteiger partial charge in [-0.2, -0.15) is 0 Å². The van der Waals surface area contributed by atoms with Crippen LogP contribution in [0.5, 0.6) is 0 Å². The van der Waals surface area contributed by atoms with Crippen LogP contribution in [0.15, 0.2) is 15.7 Å². The first-order valence-electron chi connectivity index (χ1n) is 2.66. The second kappa shape index (κ2) is 5.94. The third kappa shape index (κ3) is 4.25. The maximum atomic E-state index is 10.5. The van der Waals surface area contributed by atoms with Crippen LogP contribution in [0.4, 0.5) is 0 Å². The molecule has 0 atom stereocenters. The molecule has 1 heterocycles. The van der Waals surface area contributed by atoms with Crippen LogP contribution in [0, 0.1) is 0 Å². The topological polar surface area (TPSA) is 103 Å². The van der Waals surface area contributed by atoms with Gasteiger partial charge in [0.15, 0.2) is 0 Å². The maximum Gasteiger partial charge on any atom is 0.352 e. The molecule has 8 heteroatoms. The first kappa shape index (κ1) is 14.9. The first-order chi connectivity index (χ1) is 5.09. The Morgan fingerprint density at radius 2 is 1.77 bits per heavy atom. The number of nitrogens with one attached hydrogen (secondary N) is 2. The van der Waals surface area contributed by atoms with E-state index in [9.17, 15) is 14.4 Å². The predicted octanol–water partition coefficient (Wildman–Crippen LogP) is -1.24. The zero-order chi connectivity index (χ0) is 8.43. The summed E-state index contributed by atoms with van der Waals surface area (Å²) < 4.78 is 0. The Morgan fingerprint density at radius 1 is 1.23 bits per heavy atom. The molecule has 0 amide bonds. The molecule has 0 saturated carbocycles. The minimum Gasteiger partial charge on any atom is -0.477 e. The van der Waals surface area contributed by atoms with Gasteiger partial charge in [-0.05, 0) is 0 Å². The van der Waals surface area contributed by atoms with Crippen LogP contribution < -0.4 is 11.2 Å². The van der Waals surface area contributed by atoms with Crippen molar-refractivity contribution in [2.45, 2.75) is 0 Å². The number of carboxylic acid groups (broad SMARTS) is 1. The molecule has 0 aliphatic carbocycles. The summed E-state index contributed by atoms with van der Waals surface area (Å²) in [6.07, 6.45) is 0. The number of carboxylic acids is 1. The Bertz CT molecular complexity index is 368. The summed E-state index contributed by atoms with van der Waals surface area (Å²) in [6, 6.07) is 0.795. The van der Waals surface area contributed by atoms with Crippen LogP contribution in [-0.4, -0.2) is 21.0 Å². The number of carbonyl (C=O) groups is 1. The minimum absolute atomic E-state index is 0. The standard InChI is InChI=1S/C5H4N2O4.2Zn/c8-3-1-2(4(9)10)6-5(11)7-3;;/h1H,(H,9,10)(H2,6,7,8,11);;. The fourth-order valence-electron chi connectivity index (χ4n) is 0.584. The van der Waals surface area contributed by atoms with Gasteiger partial charge in [-0.15, -0.1) is 0 Å². The van der Waals surface area contributed by atoms with Gasteiger partial charge < -0.3 is 10.1 Å². The SMILES string of the molecule is O=C(O)c1cc(=O)[nH]c(=O)[nH]1.[Zn].[Zn]. The zero-order valence-electron chi connectivity index (χ0n) is 6.66. The van der Waals surface area contributed by atoms with Gasteiger partial charge in [0, 0.05) is 45.0 Å². The van der Waals surface area contributed by atoms with E-state index in [1.807, 2.05) is 9.97 Å². The van der Waals surface area contributed by atoms with Crippen molar-refractivity contribution in [3.8, 4) is 0 Å². The van der Waals surface area contributed by atoms with Crippen molar-refractivity contribution in [3.63, 3.8) is 0 Å². The predicted molar refractivity (Wildman–Crippen MR) is 34.6 cm³/mol. The van der Waals surface area contributed by atoms with Crippen LogP contribution in [0.2, 0.25) is 0 Å². The van der Waals surface area contributed by atoms with Crippen LogP contribution in [0.25, 0.3) is 0 Å². The largest absolute Gasteiger partial charge is 0.477 e. The summed E-state index contributed by atoms with van der Waals surface area (Å²) in [6.45, 7) is 0. The molecular formula is C5H4N2O4Zn2. The van der Waals surface area contributed by atoms with E-state index < -0.39 is 22.9 Å². The van der Waals surface area contributed by atoms with Crippen molar-refractivity contribution < 1.29 is 48.9 Å². The molecule has 3 N–H and O–H groups in total. The Balaban J connectivity index is 0. The Labute approximate surface area is 97.3 Å². The molecule has 0 aliphatic rings. The van der Waals surface area contributed by atoms with Crippen LogP contribution in [-0.2, 0) is 39.0 Å². The van der Waals surface area contributed by atoms with E-state index in [1.165, 1.54) is 0 Å². The molecule has 0 aromatic carbocycles. The van der Waals surface area contributed by atoms with Gasteiger partial charge in [0.2, 0.25) is 0 Å². The molecular weight excluding hydrogens is 283 g/mol. The number of aromatic amines is 2. The number of rotatable bonds is 1. The van der Waals surface area contributed by atoms with Crippen LogP contribution >= 0.6 is 0 Å². The van der Waals surface area contributed by atoms with Gasteiger partial charge >= 0.3 is 11.7 Å². The number of hydrogen-bond donors (Lipinski definition) is 3. The monoisotopic (exact) mass is 284 g/mol. The molecule has 0 saturated heterocycles. The quantitative estimate of drug-likeness (QED) is 0.562. The van der Waals surface area contributed by atoms with E-state index in [0.29, 0.717) is 0 Å². The molecule has 1 rings (SSSR count). The van der Waals surface area contributed by atoms with E-state index in [2.05, 4.69) is 0 Å². The fourth-order valence-corrected chi connectivity index (χ4v) is 0.584. The van der Waals surface area contributed by atoms with Crippen molar-refractivity contribution in [3.05, 3.63) is 32.6 Å². The van der Waals surface area contributed by atoms with Gasteiger partial charge in [0.25, 0.3) is 5.56 Å². The second-order valence-corrected chi connectivity index (χ2v) is 1.81. The Kier molecular flexibility index (Phi) is 6.81. The molecule has 0 aliphatic heterocycles. The zero-order valence-corrected chi connectivity index (χ0v) is 12.6. The van der Waals surface area contributed by atoms with Gasteiger partial charge in [-0.25, -0.2) is 9.59 Å². The molecule has 13 heavy (non-hydrogen) atoms. The molecule has 0 fully saturated rings. The number of hydrogen-bond acceptors (Lipinski definition) is 3. The Hall–Kier alpha value is -0.603. The van der Waals surface area contributed by atoms with E-state index in [4.69, 9.17) is 5.11 Å².